The van der Waals surface area contributed by atoms with Crippen LogP contribution in [0, 0.1) is 16.7 Å². The molecule has 0 radical (unpaired) electrons. The third kappa shape index (κ3) is 2.68. The SMILES string of the molecule is CCCN1C(=O)[C@@]2(C(C#N)=C(N)N(N(C)C)C3=C2C(=O)CC(C)(C)C3)c2ccccc21. The summed E-state index contributed by atoms with van der Waals surface area (Å²) in [4.78, 5) is 29.6. The molecule has 0 bridgehead atoms. The molecule has 31 heavy (non-hydrogen) atoms. The van der Waals surface area contributed by atoms with E-state index in [1.165, 1.54) is 0 Å². The Balaban J connectivity index is 2.14. The van der Waals surface area contributed by atoms with Crippen molar-refractivity contribution < 1.29 is 9.59 Å². The van der Waals surface area contributed by atoms with Crippen LogP contribution in [0.3, 0.4) is 0 Å². The summed E-state index contributed by atoms with van der Waals surface area (Å²) in [5.74, 6) is -0.146. The molecule has 0 saturated carbocycles. The topological polar surface area (TPSA) is 93.7 Å². The van der Waals surface area contributed by atoms with Crippen LogP contribution >= 0.6 is 0 Å². The lowest BCUT2D eigenvalue weighted by atomic mass is 9.61. The number of Topliss-reactive ketones (excluding diaryl/α,β-unsaturated/α-hetero) is 1. The van der Waals surface area contributed by atoms with E-state index in [4.69, 9.17) is 5.73 Å². The number of hydrogen-bond donors (Lipinski definition) is 1. The third-order valence-electron chi connectivity index (χ3n) is 6.47. The molecule has 4 rings (SSSR count). The van der Waals surface area contributed by atoms with Gasteiger partial charge in [0.15, 0.2) is 5.78 Å². The molecular formula is C24H29N5O2. The molecule has 7 heteroatoms. The van der Waals surface area contributed by atoms with Crippen molar-refractivity contribution in [1.82, 2.24) is 10.0 Å². The zero-order chi connectivity index (χ0) is 22.7. The highest BCUT2D eigenvalue weighted by atomic mass is 16.2. The number of amides is 1. The number of ketones is 1. The molecule has 0 unspecified atom stereocenters. The molecule has 7 nitrogen and oxygen atoms in total. The number of nitrogens with two attached hydrogens (primary N) is 1. The fourth-order valence-corrected chi connectivity index (χ4v) is 5.44. The summed E-state index contributed by atoms with van der Waals surface area (Å²) in [6.45, 7) is 6.60. The minimum absolute atomic E-state index is 0.0974. The summed E-state index contributed by atoms with van der Waals surface area (Å²) in [7, 11) is 3.65. The maximum Gasteiger partial charge on any atom is 0.247 e. The molecule has 1 aromatic carbocycles. The van der Waals surface area contributed by atoms with Crippen LogP contribution in [0.15, 0.2) is 46.9 Å². The van der Waals surface area contributed by atoms with Crippen molar-refractivity contribution in [1.29, 1.82) is 5.26 Å². The number of carbonyl (C=O) groups is 2. The Hall–Kier alpha value is -3.11. The van der Waals surface area contributed by atoms with E-state index in [0.29, 0.717) is 36.2 Å². The van der Waals surface area contributed by atoms with Crippen LogP contribution in [0.5, 0.6) is 0 Å². The molecule has 0 fully saturated rings. The number of nitriles is 1. The van der Waals surface area contributed by atoms with Gasteiger partial charge in [0, 0.05) is 49.6 Å². The van der Waals surface area contributed by atoms with Crippen LogP contribution in [-0.2, 0) is 15.0 Å². The Morgan fingerprint density at radius 1 is 1.19 bits per heavy atom. The predicted molar refractivity (Wildman–Crippen MR) is 118 cm³/mol. The number of rotatable bonds is 3. The molecule has 1 aromatic rings. The quantitative estimate of drug-likeness (QED) is 0.810. The molecule has 2 heterocycles. The minimum atomic E-state index is -1.49. The number of para-hydroxylation sites is 1. The summed E-state index contributed by atoms with van der Waals surface area (Å²) in [5, 5.41) is 13.8. The second-order valence-electron chi connectivity index (χ2n) is 9.52. The number of benzene rings is 1. The lowest BCUT2D eigenvalue weighted by molar-refractivity contribution is -0.125. The van der Waals surface area contributed by atoms with E-state index in [-0.39, 0.29) is 28.5 Å². The fourth-order valence-electron chi connectivity index (χ4n) is 5.44. The summed E-state index contributed by atoms with van der Waals surface area (Å²) >= 11 is 0. The van der Waals surface area contributed by atoms with E-state index in [1.807, 2.05) is 59.1 Å². The van der Waals surface area contributed by atoms with Crippen molar-refractivity contribution in [2.75, 3.05) is 25.5 Å². The van der Waals surface area contributed by atoms with Gasteiger partial charge in [-0.3, -0.25) is 14.6 Å². The number of allylic oxidation sites excluding steroid dienone is 1. The van der Waals surface area contributed by atoms with Gasteiger partial charge in [0.05, 0.1) is 5.57 Å². The van der Waals surface area contributed by atoms with Crippen LogP contribution in [0.1, 0.15) is 45.6 Å². The van der Waals surface area contributed by atoms with Gasteiger partial charge in [0.25, 0.3) is 0 Å². The average molecular weight is 420 g/mol. The molecule has 1 amide bonds. The molecular weight excluding hydrogens is 390 g/mol. The van der Waals surface area contributed by atoms with Gasteiger partial charge in [-0.2, -0.15) is 5.26 Å². The first-order valence-corrected chi connectivity index (χ1v) is 10.7. The third-order valence-corrected chi connectivity index (χ3v) is 6.47. The zero-order valence-electron chi connectivity index (χ0n) is 18.8. The van der Waals surface area contributed by atoms with Gasteiger partial charge in [-0.15, -0.1) is 0 Å². The van der Waals surface area contributed by atoms with E-state index < -0.39 is 5.41 Å². The average Bonchev–Trinajstić information content (AvgIpc) is 2.91. The predicted octanol–water partition coefficient (Wildman–Crippen LogP) is 2.81. The number of carbonyl (C=O) groups excluding carboxylic acids is 2. The zero-order valence-corrected chi connectivity index (χ0v) is 18.8. The second-order valence-corrected chi connectivity index (χ2v) is 9.52. The molecule has 1 aliphatic carbocycles. The first-order valence-electron chi connectivity index (χ1n) is 10.7. The molecule has 162 valence electrons. The summed E-state index contributed by atoms with van der Waals surface area (Å²) in [5.41, 5.74) is 7.50. The highest BCUT2D eigenvalue weighted by Crippen LogP contribution is 2.57. The molecule has 1 spiro atoms. The van der Waals surface area contributed by atoms with Crippen LogP contribution in [0.2, 0.25) is 0 Å². The van der Waals surface area contributed by atoms with E-state index in [0.717, 1.165) is 12.1 Å². The largest absolute Gasteiger partial charge is 0.383 e. The maximum atomic E-state index is 14.1. The molecule has 0 saturated heterocycles. The Labute approximate surface area is 183 Å². The van der Waals surface area contributed by atoms with Crippen molar-refractivity contribution in [2.24, 2.45) is 11.1 Å². The fraction of sp³-hybridized carbons (Fsp3) is 0.458. The molecule has 2 aliphatic heterocycles. The van der Waals surface area contributed by atoms with Crippen LogP contribution < -0.4 is 10.6 Å². The van der Waals surface area contributed by atoms with Gasteiger partial charge in [-0.1, -0.05) is 39.0 Å². The maximum absolute atomic E-state index is 14.1. The molecule has 1 atom stereocenters. The van der Waals surface area contributed by atoms with Crippen molar-refractivity contribution in [3.63, 3.8) is 0 Å². The first kappa shape index (κ1) is 21.1. The Bertz CT molecular complexity index is 1090. The number of hydrogen-bond acceptors (Lipinski definition) is 6. The van der Waals surface area contributed by atoms with Gasteiger partial charge in [-0.05, 0) is 24.3 Å². The Morgan fingerprint density at radius 2 is 1.87 bits per heavy atom. The number of fused-ring (bicyclic) bond motifs is 3. The van der Waals surface area contributed by atoms with E-state index >= 15 is 0 Å². The van der Waals surface area contributed by atoms with Crippen LogP contribution in [0.4, 0.5) is 5.69 Å². The number of nitrogens with zero attached hydrogens (tertiary/aromatic N) is 4. The normalized spacial score (nSPS) is 24.8. The van der Waals surface area contributed by atoms with Gasteiger partial charge < -0.3 is 10.6 Å². The molecule has 0 aromatic heterocycles. The van der Waals surface area contributed by atoms with Crippen LogP contribution in [-0.4, -0.2) is 42.3 Å². The van der Waals surface area contributed by atoms with Crippen molar-refractivity contribution in [3.05, 3.63) is 52.5 Å². The van der Waals surface area contributed by atoms with Crippen LogP contribution in [0.25, 0.3) is 0 Å². The van der Waals surface area contributed by atoms with Crippen molar-refractivity contribution in [3.8, 4) is 6.07 Å². The lowest BCUT2D eigenvalue weighted by Gasteiger charge is -2.48. The lowest BCUT2D eigenvalue weighted by Crippen LogP contribution is -2.55. The van der Waals surface area contributed by atoms with Gasteiger partial charge in [0.1, 0.15) is 17.3 Å². The van der Waals surface area contributed by atoms with Crippen molar-refractivity contribution in [2.45, 2.75) is 45.4 Å². The van der Waals surface area contributed by atoms with E-state index in [9.17, 15) is 14.9 Å². The Morgan fingerprint density at radius 3 is 2.48 bits per heavy atom. The smallest absolute Gasteiger partial charge is 0.247 e. The molecule has 3 aliphatic rings. The van der Waals surface area contributed by atoms with Gasteiger partial charge >= 0.3 is 0 Å². The minimum Gasteiger partial charge on any atom is -0.383 e. The Kier molecular flexibility index (Phi) is 4.74. The first-order chi connectivity index (χ1) is 14.6. The van der Waals surface area contributed by atoms with Gasteiger partial charge in [0.2, 0.25) is 5.91 Å². The second kappa shape index (κ2) is 6.96. The van der Waals surface area contributed by atoms with E-state index in [1.54, 1.807) is 14.9 Å². The molecule has 2 N–H and O–H groups in total. The number of anilines is 1. The van der Waals surface area contributed by atoms with Gasteiger partial charge in [-0.25, -0.2) is 5.01 Å². The monoisotopic (exact) mass is 419 g/mol. The van der Waals surface area contributed by atoms with Crippen molar-refractivity contribution >= 4 is 17.4 Å². The van der Waals surface area contributed by atoms with E-state index in [2.05, 4.69) is 6.07 Å². The summed E-state index contributed by atoms with van der Waals surface area (Å²) in [6, 6.07) is 9.71. The summed E-state index contributed by atoms with van der Waals surface area (Å²) in [6.07, 6.45) is 1.65. The highest BCUT2D eigenvalue weighted by molar-refractivity contribution is 6.20. The highest BCUT2D eigenvalue weighted by Gasteiger charge is 2.63. The number of hydrazine groups is 1. The standard InChI is InChI=1S/C24H29N5O2/c1-6-11-28-17-10-8-7-9-15(17)24(22(28)31)16(14-25)21(26)29(27(4)5)18-12-23(2,3)13-19(30)20(18)24/h7-10H,6,11-13,26H2,1-5H3/t24-/m1/s1. The summed E-state index contributed by atoms with van der Waals surface area (Å²) < 4.78 is 0.